The van der Waals surface area contributed by atoms with E-state index in [4.69, 9.17) is 9.15 Å². The highest BCUT2D eigenvalue weighted by molar-refractivity contribution is 7.20. The lowest BCUT2D eigenvalue weighted by atomic mass is 10.3. The Morgan fingerprint density at radius 1 is 1.24 bits per heavy atom. The molecule has 0 unspecified atom stereocenters. The summed E-state index contributed by atoms with van der Waals surface area (Å²) in [5.74, 6) is -0.296. The minimum Gasteiger partial charge on any atom is -0.467 e. The number of carbonyl (C=O) groups is 2. The molecule has 4 rings (SSSR count). The molecule has 3 heterocycles. The summed E-state index contributed by atoms with van der Waals surface area (Å²) in [5.41, 5.74) is 1.74. The van der Waals surface area contributed by atoms with Crippen LogP contribution in [0, 0.1) is 6.92 Å². The molecule has 7 nitrogen and oxygen atoms in total. The molecule has 0 aliphatic carbocycles. The number of hydrogen-bond donors (Lipinski definition) is 1. The lowest BCUT2D eigenvalue weighted by Crippen LogP contribution is -2.35. The molecule has 0 fully saturated rings. The number of aromatic nitrogens is 2. The maximum absolute atomic E-state index is 12.6. The van der Waals surface area contributed by atoms with Crippen LogP contribution in [-0.4, -0.2) is 27.8 Å². The van der Waals surface area contributed by atoms with E-state index < -0.39 is 12.1 Å². The molecule has 0 aliphatic rings. The molecule has 8 heteroatoms. The molecule has 1 N–H and O–H groups in total. The van der Waals surface area contributed by atoms with Gasteiger partial charge < -0.3 is 14.5 Å². The largest absolute Gasteiger partial charge is 0.467 e. The van der Waals surface area contributed by atoms with Crippen LogP contribution in [0.1, 0.15) is 28.0 Å². The first-order chi connectivity index (χ1) is 14.0. The lowest BCUT2D eigenvalue weighted by Gasteiger charge is -2.12. The summed E-state index contributed by atoms with van der Waals surface area (Å²) in [6, 6.07) is 15.0. The van der Waals surface area contributed by atoms with Gasteiger partial charge in [-0.05, 0) is 44.2 Å². The van der Waals surface area contributed by atoms with E-state index in [1.54, 1.807) is 25.1 Å². The van der Waals surface area contributed by atoms with Gasteiger partial charge in [-0.2, -0.15) is 5.10 Å². The molecule has 0 radical (unpaired) electrons. The van der Waals surface area contributed by atoms with Crippen molar-refractivity contribution >= 4 is 33.4 Å². The highest BCUT2D eigenvalue weighted by atomic mass is 32.1. The van der Waals surface area contributed by atoms with E-state index in [0.717, 1.165) is 21.6 Å². The minimum absolute atomic E-state index is 0.239. The van der Waals surface area contributed by atoms with Crippen LogP contribution in [0.2, 0.25) is 0 Å². The second-order valence-corrected chi connectivity index (χ2v) is 7.54. The molecule has 0 aliphatic heterocycles. The molecule has 1 aromatic carbocycles. The van der Waals surface area contributed by atoms with E-state index in [1.807, 2.05) is 41.9 Å². The highest BCUT2D eigenvalue weighted by Gasteiger charge is 2.22. The van der Waals surface area contributed by atoms with Gasteiger partial charge in [0, 0.05) is 5.39 Å². The second kappa shape index (κ2) is 7.92. The Balaban J connectivity index is 1.48. The van der Waals surface area contributed by atoms with Crippen molar-refractivity contribution in [3.05, 3.63) is 71.1 Å². The number of ether oxygens (including phenoxy) is 1. The number of furan rings is 1. The topological polar surface area (TPSA) is 86.4 Å². The van der Waals surface area contributed by atoms with Crippen LogP contribution in [0.15, 0.2) is 59.2 Å². The molecule has 0 saturated carbocycles. The average molecular weight is 409 g/mol. The van der Waals surface area contributed by atoms with E-state index in [-0.39, 0.29) is 12.5 Å². The number of esters is 1. The fourth-order valence-corrected chi connectivity index (χ4v) is 3.96. The number of aryl methyl sites for hydroxylation is 1. The van der Waals surface area contributed by atoms with Crippen LogP contribution in [0.25, 0.3) is 15.9 Å². The molecule has 3 aromatic heterocycles. The predicted molar refractivity (Wildman–Crippen MR) is 109 cm³/mol. The van der Waals surface area contributed by atoms with Crippen molar-refractivity contribution in [3.8, 4) is 5.69 Å². The SMILES string of the molecule is Cc1nn(-c2ccccc2)c2sc(C(=O)O[C@H](C)C(=O)NCc3ccco3)cc12. The van der Waals surface area contributed by atoms with Crippen LogP contribution in [-0.2, 0) is 16.1 Å². The van der Waals surface area contributed by atoms with Gasteiger partial charge in [-0.15, -0.1) is 11.3 Å². The van der Waals surface area contributed by atoms with E-state index in [9.17, 15) is 9.59 Å². The predicted octanol–water partition coefficient (Wildman–Crippen LogP) is 3.85. The summed E-state index contributed by atoms with van der Waals surface area (Å²) >= 11 is 1.29. The first kappa shape index (κ1) is 18.9. The first-order valence-corrected chi connectivity index (χ1v) is 9.90. The van der Waals surface area contributed by atoms with Crippen LogP contribution in [0.4, 0.5) is 0 Å². The van der Waals surface area contributed by atoms with Gasteiger partial charge in [0.25, 0.3) is 5.91 Å². The van der Waals surface area contributed by atoms with Gasteiger partial charge in [0.2, 0.25) is 0 Å². The number of para-hydroxylation sites is 1. The molecule has 0 bridgehead atoms. The average Bonchev–Trinajstić information content (AvgIpc) is 3.45. The summed E-state index contributed by atoms with van der Waals surface area (Å²) in [7, 11) is 0. The van der Waals surface area contributed by atoms with Crippen molar-refractivity contribution in [1.82, 2.24) is 15.1 Å². The Morgan fingerprint density at radius 2 is 2.03 bits per heavy atom. The van der Waals surface area contributed by atoms with Crippen LogP contribution < -0.4 is 5.32 Å². The third-order valence-electron chi connectivity index (χ3n) is 4.42. The van der Waals surface area contributed by atoms with E-state index in [2.05, 4.69) is 10.4 Å². The van der Waals surface area contributed by atoms with Gasteiger partial charge >= 0.3 is 5.97 Å². The lowest BCUT2D eigenvalue weighted by molar-refractivity contribution is -0.129. The fourth-order valence-electron chi connectivity index (χ4n) is 2.90. The smallest absolute Gasteiger partial charge is 0.349 e. The van der Waals surface area contributed by atoms with Crippen molar-refractivity contribution in [2.75, 3.05) is 0 Å². The third kappa shape index (κ3) is 3.93. The number of fused-ring (bicyclic) bond motifs is 1. The van der Waals surface area contributed by atoms with Crippen molar-refractivity contribution in [3.63, 3.8) is 0 Å². The number of nitrogens with zero attached hydrogens (tertiary/aromatic N) is 2. The molecule has 1 atom stereocenters. The van der Waals surface area contributed by atoms with E-state index >= 15 is 0 Å². The summed E-state index contributed by atoms with van der Waals surface area (Å²) < 4.78 is 12.3. The Bertz CT molecular complexity index is 1150. The Labute approximate surface area is 170 Å². The summed E-state index contributed by atoms with van der Waals surface area (Å²) in [6.45, 7) is 3.68. The normalized spacial score (nSPS) is 12.1. The molecule has 148 valence electrons. The standard InChI is InChI=1S/C21H19N3O4S/c1-13-17-11-18(29-20(17)24(23-13)15-7-4-3-5-8-15)21(26)28-14(2)19(25)22-12-16-9-6-10-27-16/h3-11,14H,12H2,1-2H3,(H,22,25)/t14-/m1/s1. The van der Waals surface area contributed by atoms with Gasteiger partial charge in [-0.3, -0.25) is 4.79 Å². The van der Waals surface area contributed by atoms with E-state index in [1.165, 1.54) is 17.6 Å². The Hall–Kier alpha value is -3.39. The van der Waals surface area contributed by atoms with E-state index in [0.29, 0.717) is 10.6 Å². The number of rotatable bonds is 6. The number of hydrogen-bond acceptors (Lipinski definition) is 6. The maximum Gasteiger partial charge on any atom is 0.349 e. The van der Waals surface area contributed by atoms with Crippen LogP contribution in [0.5, 0.6) is 0 Å². The molecule has 0 saturated heterocycles. The summed E-state index contributed by atoms with van der Waals surface area (Å²) in [4.78, 5) is 26.0. The number of carbonyl (C=O) groups excluding carboxylic acids is 2. The quantitative estimate of drug-likeness (QED) is 0.489. The molecule has 0 spiro atoms. The Kier molecular flexibility index (Phi) is 5.18. The van der Waals surface area contributed by atoms with Gasteiger partial charge in [-0.25, -0.2) is 9.48 Å². The van der Waals surface area contributed by atoms with Gasteiger partial charge in [-0.1, -0.05) is 18.2 Å². The van der Waals surface area contributed by atoms with Gasteiger partial charge in [0.05, 0.1) is 24.2 Å². The monoisotopic (exact) mass is 409 g/mol. The summed E-state index contributed by atoms with van der Waals surface area (Å²) in [5, 5.41) is 8.13. The maximum atomic E-state index is 12.6. The number of thiophene rings is 1. The highest BCUT2D eigenvalue weighted by Crippen LogP contribution is 2.31. The number of nitrogens with one attached hydrogen (secondary N) is 1. The third-order valence-corrected chi connectivity index (χ3v) is 5.51. The number of benzene rings is 1. The zero-order valence-electron chi connectivity index (χ0n) is 15.9. The van der Waals surface area contributed by atoms with Crippen molar-refractivity contribution in [1.29, 1.82) is 0 Å². The van der Waals surface area contributed by atoms with Crippen molar-refractivity contribution in [2.24, 2.45) is 0 Å². The Morgan fingerprint density at radius 3 is 2.76 bits per heavy atom. The van der Waals surface area contributed by atoms with Crippen LogP contribution in [0.3, 0.4) is 0 Å². The zero-order chi connectivity index (χ0) is 20.4. The van der Waals surface area contributed by atoms with Crippen molar-refractivity contribution < 1.29 is 18.7 Å². The van der Waals surface area contributed by atoms with Gasteiger partial charge in [0.1, 0.15) is 15.5 Å². The minimum atomic E-state index is -0.922. The van der Waals surface area contributed by atoms with Crippen LogP contribution >= 0.6 is 11.3 Å². The summed E-state index contributed by atoms with van der Waals surface area (Å²) in [6.07, 6.45) is 0.611. The zero-order valence-corrected chi connectivity index (χ0v) is 16.7. The number of amides is 1. The molecule has 4 aromatic rings. The molecular formula is C21H19N3O4S. The van der Waals surface area contributed by atoms with Gasteiger partial charge in [0.15, 0.2) is 6.10 Å². The molecule has 29 heavy (non-hydrogen) atoms. The second-order valence-electron chi connectivity index (χ2n) is 6.51. The molecule has 1 amide bonds. The fraction of sp³-hybridized carbons (Fsp3) is 0.190. The first-order valence-electron chi connectivity index (χ1n) is 9.08. The van der Waals surface area contributed by atoms with Crippen molar-refractivity contribution in [2.45, 2.75) is 26.5 Å². The molecular weight excluding hydrogens is 390 g/mol.